The Morgan fingerprint density at radius 1 is 1.38 bits per heavy atom. The van der Waals surface area contributed by atoms with Crippen molar-refractivity contribution in [2.45, 2.75) is 19.3 Å². The predicted octanol–water partition coefficient (Wildman–Crippen LogP) is 1.17. The van der Waals surface area contributed by atoms with Gasteiger partial charge in [0.25, 0.3) is 0 Å². The first-order valence-corrected chi connectivity index (χ1v) is 5.50. The van der Waals surface area contributed by atoms with E-state index >= 15 is 0 Å². The molecule has 1 aliphatic rings. The van der Waals surface area contributed by atoms with Gasteiger partial charge in [0.1, 0.15) is 5.82 Å². The minimum absolute atomic E-state index is 0.126. The molecule has 2 rings (SSSR count). The van der Waals surface area contributed by atoms with Crippen molar-refractivity contribution in [1.29, 1.82) is 0 Å². The third-order valence-corrected chi connectivity index (χ3v) is 2.83. The zero-order valence-corrected chi connectivity index (χ0v) is 9.13. The van der Waals surface area contributed by atoms with Crippen LogP contribution in [0.25, 0.3) is 0 Å². The van der Waals surface area contributed by atoms with Crippen LogP contribution in [0.4, 0.5) is 5.82 Å². The molecule has 3 N–H and O–H groups in total. The fraction of sp³-hybridized carbons (Fsp3) is 0.455. The van der Waals surface area contributed by atoms with Gasteiger partial charge < -0.3 is 15.8 Å². The summed E-state index contributed by atoms with van der Waals surface area (Å²) in [6.45, 7) is 2.07. The summed E-state index contributed by atoms with van der Waals surface area (Å²) in [4.78, 5) is 6.55. The van der Waals surface area contributed by atoms with Gasteiger partial charge in [-0.1, -0.05) is 5.16 Å². The van der Waals surface area contributed by atoms with Gasteiger partial charge in [-0.15, -0.1) is 0 Å². The molecule has 1 saturated heterocycles. The molecule has 0 aliphatic carbocycles. The standard InChI is InChI=1S/C11H16N4O/c12-11(14-16)9-4-5-13-10(8-9)15-6-2-1-3-7-15/h4-5,8,16H,1-3,6-7H2,(H2,12,14). The molecule has 0 bridgehead atoms. The van der Waals surface area contributed by atoms with Gasteiger partial charge in [-0.25, -0.2) is 4.98 Å². The van der Waals surface area contributed by atoms with E-state index in [0.29, 0.717) is 5.56 Å². The van der Waals surface area contributed by atoms with E-state index in [9.17, 15) is 0 Å². The van der Waals surface area contributed by atoms with Crippen LogP contribution in [0.15, 0.2) is 23.5 Å². The summed E-state index contributed by atoms with van der Waals surface area (Å²) in [5.41, 5.74) is 6.25. The van der Waals surface area contributed by atoms with Crippen LogP contribution in [0.2, 0.25) is 0 Å². The summed E-state index contributed by atoms with van der Waals surface area (Å²) >= 11 is 0. The van der Waals surface area contributed by atoms with Gasteiger partial charge >= 0.3 is 0 Å². The van der Waals surface area contributed by atoms with Crippen molar-refractivity contribution < 1.29 is 5.21 Å². The van der Waals surface area contributed by atoms with Gasteiger partial charge in [0, 0.05) is 24.8 Å². The first-order chi connectivity index (χ1) is 7.81. The van der Waals surface area contributed by atoms with Gasteiger partial charge in [0.2, 0.25) is 0 Å². The molecule has 0 radical (unpaired) electrons. The van der Waals surface area contributed by atoms with E-state index < -0.39 is 0 Å². The highest BCUT2D eigenvalue weighted by atomic mass is 16.4. The van der Waals surface area contributed by atoms with Gasteiger partial charge in [0.15, 0.2) is 5.84 Å². The van der Waals surface area contributed by atoms with Gasteiger partial charge in [0.05, 0.1) is 0 Å². The normalized spacial score (nSPS) is 17.5. The van der Waals surface area contributed by atoms with Crippen LogP contribution in [-0.2, 0) is 0 Å². The highest BCUT2D eigenvalue weighted by Crippen LogP contribution is 2.18. The van der Waals surface area contributed by atoms with Crippen LogP contribution in [0.5, 0.6) is 0 Å². The number of nitrogens with zero attached hydrogens (tertiary/aromatic N) is 3. The molecule has 1 fully saturated rings. The van der Waals surface area contributed by atoms with E-state index in [4.69, 9.17) is 10.9 Å². The average molecular weight is 220 g/mol. The van der Waals surface area contributed by atoms with E-state index in [0.717, 1.165) is 18.9 Å². The summed E-state index contributed by atoms with van der Waals surface area (Å²) in [7, 11) is 0. The third-order valence-electron chi connectivity index (χ3n) is 2.83. The number of hydrogen-bond donors (Lipinski definition) is 2. The maximum absolute atomic E-state index is 8.62. The summed E-state index contributed by atoms with van der Waals surface area (Å²) in [6.07, 6.45) is 5.39. The third kappa shape index (κ3) is 2.24. The maximum atomic E-state index is 8.62. The molecule has 1 aromatic rings. The lowest BCUT2D eigenvalue weighted by atomic mass is 10.1. The number of aromatic nitrogens is 1. The van der Waals surface area contributed by atoms with Crippen molar-refractivity contribution in [2.75, 3.05) is 18.0 Å². The largest absolute Gasteiger partial charge is 0.409 e. The smallest absolute Gasteiger partial charge is 0.170 e. The number of hydrogen-bond acceptors (Lipinski definition) is 4. The van der Waals surface area contributed by atoms with Gasteiger partial charge in [-0.2, -0.15) is 0 Å². The van der Waals surface area contributed by atoms with Crippen molar-refractivity contribution in [3.05, 3.63) is 23.9 Å². The van der Waals surface area contributed by atoms with Crippen molar-refractivity contribution in [3.63, 3.8) is 0 Å². The molecule has 5 nitrogen and oxygen atoms in total. The highest BCUT2D eigenvalue weighted by Gasteiger charge is 2.12. The fourth-order valence-corrected chi connectivity index (χ4v) is 1.93. The number of amidine groups is 1. The molecule has 0 saturated carbocycles. The van der Waals surface area contributed by atoms with E-state index in [1.165, 1.54) is 19.3 Å². The van der Waals surface area contributed by atoms with Crippen molar-refractivity contribution in [1.82, 2.24) is 4.98 Å². The van der Waals surface area contributed by atoms with E-state index in [1.807, 2.05) is 6.07 Å². The van der Waals surface area contributed by atoms with Crippen LogP contribution in [0.3, 0.4) is 0 Å². The molecule has 0 aromatic carbocycles. The zero-order chi connectivity index (χ0) is 11.4. The molecular formula is C11H16N4O. The molecular weight excluding hydrogens is 204 g/mol. The number of rotatable bonds is 2. The van der Waals surface area contributed by atoms with Crippen molar-refractivity contribution in [2.24, 2.45) is 10.9 Å². The second kappa shape index (κ2) is 4.83. The Morgan fingerprint density at radius 2 is 2.12 bits per heavy atom. The predicted molar refractivity (Wildman–Crippen MR) is 62.8 cm³/mol. The Balaban J connectivity index is 2.21. The lowest BCUT2D eigenvalue weighted by Crippen LogP contribution is -2.30. The second-order valence-electron chi connectivity index (χ2n) is 3.94. The first-order valence-electron chi connectivity index (χ1n) is 5.50. The number of anilines is 1. The molecule has 0 unspecified atom stereocenters. The van der Waals surface area contributed by atoms with Gasteiger partial charge in [-0.05, 0) is 31.4 Å². The van der Waals surface area contributed by atoms with E-state index in [-0.39, 0.29) is 5.84 Å². The molecule has 0 amide bonds. The fourth-order valence-electron chi connectivity index (χ4n) is 1.93. The number of piperidine rings is 1. The quantitative estimate of drug-likeness (QED) is 0.339. The summed E-state index contributed by atoms with van der Waals surface area (Å²) in [5, 5.41) is 11.6. The molecule has 2 heterocycles. The average Bonchev–Trinajstić information content (AvgIpc) is 2.39. The maximum Gasteiger partial charge on any atom is 0.170 e. The Kier molecular flexibility index (Phi) is 3.24. The van der Waals surface area contributed by atoms with Crippen LogP contribution in [0, 0.1) is 0 Å². The van der Waals surface area contributed by atoms with Crippen LogP contribution in [-0.4, -0.2) is 29.1 Å². The minimum atomic E-state index is 0.126. The van der Waals surface area contributed by atoms with E-state index in [2.05, 4.69) is 15.0 Å². The molecule has 0 atom stereocenters. The summed E-state index contributed by atoms with van der Waals surface area (Å²) < 4.78 is 0. The zero-order valence-electron chi connectivity index (χ0n) is 9.13. The van der Waals surface area contributed by atoms with Gasteiger partial charge in [-0.3, -0.25) is 0 Å². The molecule has 16 heavy (non-hydrogen) atoms. The van der Waals surface area contributed by atoms with Crippen LogP contribution >= 0.6 is 0 Å². The number of pyridine rings is 1. The van der Waals surface area contributed by atoms with E-state index in [1.54, 1.807) is 12.3 Å². The molecule has 1 aromatic heterocycles. The summed E-state index contributed by atoms with van der Waals surface area (Å²) in [5.74, 6) is 1.03. The van der Waals surface area contributed by atoms with Crippen molar-refractivity contribution in [3.8, 4) is 0 Å². The lowest BCUT2D eigenvalue weighted by molar-refractivity contribution is 0.318. The minimum Gasteiger partial charge on any atom is -0.409 e. The monoisotopic (exact) mass is 220 g/mol. The van der Waals surface area contributed by atoms with Crippen LogP contribution < -0.4 is 10.6 Å². The number of nitrogens with two attached hydrogens (primary N) is 1. The SMILES string of the molecule is N/C(=N\O)c1ccnc(N2CCCCC2)c1. The lowest BCUT2D eigenvalue weighted by Gasteiger charge is -2.27. The Morgan fingerprint density at radius 3 is 2.81 bits per heavy atom. The summed E-state index contributed by atoms with van der Waals surface area (Å²) in [6, 6.07) is 3.60. The number of oxime groups is 1. The Hall–Kier alpha value is -1.78. The highest BCUT2D eigenvalue weighted by molar-refractivity contribution is 5.97. The Labute approximate surface area is 94.6 Å². The van der Waals surface area contributed by atoms with Crippen molar-refractivity contribution >= 4 is 11.7 Å². The van der Waals surface area contributed by atoms with Crippen LogP contribution in [0.1, 0.15) is 24.8 Å². The molecule has 5 heteroatoms. The molecule has 1 aliphatic heterocycles. The Bertz CT molecular complexity index is 385. The topological polar surface area (TPSA) is 74.7 Å². The molecule has 86 valence electrons. The molecule has 0 spiro atoms. The first kappa shape index (κ1) is 10.7. The second-order valence-corrected chi connectivity index (χ2v) is 3.94.